The lowest BCUT2D eigenvalue weighted by Crippen LogP contribution is -2.31. The minimum absolute atomic E-state index is 0.225. The van der Waals surface area contributed by atoms with Gasteiger partial charge in [0, 0.05) is 22.2 Å². The summed E-state index contributed by atoms with van der Waals surface area (Å²) >= 11 is 6.00. The molecule has 0 fully saturated rings. The molecular formula is C23H17ClN4O3. The molecular weight excluding hydrogens is 416 g/mol. The van der Waals surface area contributed by atoms with Crippen LogP contribution >= 0.6 is 11.6 Å². The van der Waals surface area contributed by atoms with Gasteiger partial charge >= 0.3 is 0 Å². The van der Waals surface area contributed by atoms with Crippen LogP contribution in [-0.4, -0.2) is 33.4 Å². The zero-order valence-corrected chi connectivity index (χ0v) is 17.1. The maximum atomic E-state index is 13.1. The summed E-state index contributed by atoms with van der Waals surface area (Å²) in [7, 11) is 0. The number of halogens is 1. The maximum Gasteiger partial charge on any atom is 0.281 e. The Balaban J connectivity index is 1.39. The van der Waals surface area contributed by atoms with Crippen LogP contribution in [0, 0.1) is 0 Å². The van der Waals surface area contributed by atoms with E-state index < -0.39 is 0 Å². The second kappa shape index (κ2) is 8.20. The standard InChI is InChI=1S/C23H17ClN4O3/c24-17-9-7-15(8-10-17)19-12-20(21-6-3-11-30-21)28(27-19)22(29)14-31-23-18-5-2-1-4-16(18)13-25-26-23/h1-11,13,20H,12,14H2/t20-/m0/s1. The molecule has 1 aliphatic rings. The average molecular weight is 433 g/mol. The van der Waals surface area contributed by atoms with Gasteiger partial charge in [0.2, 0.25) is 5.88 Å². The Morgan fingerprint density at radius 1 is 1.13 bits per heavy atom. The van der Waals surface area contributed by atoms with E-state index in [4.69, 9.17) is 20.8 Å². The molecule has 0 spiro atoms. The number of carbonyl (C=O) groups is 1. The lowest BCUT2D eigenvalue weighted by molar-refractivity contribution is -0.135. The predicted molar refractivity (Wildman–Crippen MR) is 116 cm³/mol. The van der Waals surface area contributed by atoms with E-state index >= 15 is 0 Å². The van der Waals surface area contributed by atoms with Crippen molar-refractivity contribution in [2.75, 3.05) is 6.61 Å². The van der Waals surface area contributed by atoms with Crippen LogP contribution in [0.1, 0.15) is 23.8 Å². The summed E-state index contributed by atoms with van der Waals surface area (Å²) in [5, 5.41) is 16.3. The van der Waals surface area contributed by atoms with Crippen molar-refractivity contribution in [3.8, 4) is 5.88 Å². The second-order valence-electron chi connectivity index (χ2n) is 7.05. The monoisotopic (exact) mass is 432 g/mol. The molecule has 0 bridgehead atoms. The highest BCUT2D eigenvalue weighted by Crippen LogP contribution is 2.33. The van der Waals surface area contributed by atoms with Crippen molar-refractivity contribution >= 4 is 34.0 Å². The number of hydrogen-bond acceptors (Lipinski definition) is 6. The third-order valence-electron chi connectivity index (χ3n) is 5.08. The molecule has 8 heteroatoms. The molecule has 5 rings (SSSR count). The summed E-state index contributed by atoms with van der Waals surface area (Å²) in [6.45, 7) is -0.225. The van der Waals surface area contributed by atoms with Crippen molar-refractivity contribution in [3.63, 3.8) is 0 Å². The van der Waals surface area contributed by atoms with Gasteiger partial charge in [-0.15, -0.1) is 5.10 Å². The van der Waals surface area contributed by atoms with Gasteiger partial charge in [0.05, 0.1) is 18.2 Å². The second-order valence-corrected chi connectivity index (χ2v) is 7.49. The van der Waals surface area contributed by atoms with Crippen molar-refractivity contribution in [2.45, 2.75) is 12.5 Å². The molecule has 4 aromatic rings. The van der Waals surface area contributed by atoms with Crippen molar-refractivity contribution in [3.05, 3.63) is 89.5 Å². The minimum Gasteiger partial charge on any atom is -0.467 e. The number of ether oxygens (including phenoxy) is 1. The molecule has 1 amide bonds. The molecule has 154 valence electrons. The number of nitrogens with zero attached hydrogens (tertiary/aromatic N) is 4. The van der Waals surface area contributed by atoms with Gasteiger partial charge in [-0.05, 0) is 35.9 Å². The normalized spacial score (nSPS) is 15.8. The molecule has 31 heavy (non-hydrogen) atoms. The van der Waals surface area contributed by atoms with Gasteiger partial charge in [0.15, 0.2) is 6.61 Å². The van der Waals surface area contributed by atoms with Gasteiger partial charge in [-0.1, -0.05) is 41.9 Å². The number of carbonyl (C=O) groups excluding carboxylic acids is 1. The first kappa shape index (κ1) is 19.3. The van der Waals surface area contributed by atoms with Crippen LogP contribution < -0.4 is 4.74 Å². The Morgan fingerprint density at radius 2 is 1.97 bits per heavy atom. The summed E-state index contributed by atoms with van der Waals surface area (Å²) in [5.41, 5.74) is 1.67. The van der Waals surface area contributed by atoms with Crippen LogP contribution in [0.5, 0.6) is 5.88 Å². The van der Waals surface area contributed by atoms with Crippen molar-refractivity contribution in [1.29, 1.82) is 0 Å². The van der Waals surface area contributed by atoms with Crippen LogP contribution in [0.3, 0.4) is 0 Å². The number of aromatic nitrogens is 2. The number of hydrogen-bond donors (Lipinski definition) is 0. The predicted octanol–water partition coefficient (Wildman–Crippen LogP) is 4.63. The number of furan rings is 1. The summed E-state index contributed by atoms with van der Waals surface area (Å²) in [5.74, 6) is 0.660. The highest BCUT2D eigenvalue weighted by atomic mass is 35.5. The Labute approximate surface area is 182 Å². The van der Waals surface area contributed by atoms with Crippen LogP contribution in [0.15, 0.2) is 82.6 Å². The first-order chi connectivity index (χ1) is 15.2. The molecule has 0 saturated heterocycles. The smallest absolute Gasteiger partial charge is 0.281 e. The van der Waals surface area contributed by atoms with E-state index in [1.54, 1.807) is 30.7 Å². The van der Waals surface area contributed by atoms with Crippen LogP contribution in [-0.2, 0) is 4.79 Å². The molecule has 3 heterocycles. The molecule has 0 unspecified atom stereocenters. The fourth-order valence-electron chi connectivity index (χ4n) is 3.56. The molecule has 1 atom stereocenters. The summed E-state index contributed by atoms with van der Waals surface area (Å²) < 4.78 is 11.3. The zero-order valence-electron chi connectivity index (χ0n) is 16.3. The SMILES string of the molecule is O=C(COc1nncc2ccccc12)N1N=C(c2ccc(Cl)cc2)C[C@H]1c1ccco1. The fraction of sp³-hybridized carbons (Fsp3) is 0.130. The number of rotatable bonds is 5. The van der Waals surface area contributed by atoms with E-state index in [0.29, 0.717) is 23.1 Å². The van der Waals surface area contributed by atoms with Crippen LogP contribution in [0.25, 0.3) is 10.8 Å². The average Bonchev–Trinajstić information content (AvgIpc) is 3.48. The maximum absolute atomic E-state index is 13.1. The molecule has 2 aromatic heterocycles. The topological polar surface area (TPSA) is 80.8 Å². The quantitative estimate of drug-likeness (QED) is 0.459. The third-order valence-corrected chi connectivity index (χ3v) is 5.34. The number of amides is 1. The number of fused-ring (bicyclic) bond motifs is 1. The summed E-state index contributed by atoms with van der Waals surface area (Å²) in [6.07, 6.45) is 3.76. The Bertz CT molecular complexity index is 1250. The molecule has 0 N–H and O–H groups in total. The van der Waals surface area contributed by atoms with Gasteiger partial charge in [-0.3, -0.25) is 4.79 Å². The van der Waals surface area contributed by atoms with Gasteiger partial charge < -0.3 is 9.15 Å². The first-order valence-electron chi connectivity index (χ1n) is 9.71. The van der Waals surface area contributed by atoms with E-state index in [0.717, 1.165) is 22.0 Å². The highest BCUT2D eigenvalue weighted by Gasteiger charge is 2.35. The largest absolute Gasteiger partial charge is 0.467 e. The molecule has 0 aliphatic carbocycles. The van der Waals surface area contributed by atoms with E-state index in [1.165, 1.54) is 5.01 Å². The van der Waals surface area contributed by atoms with Crippen molar-refractivity contribution in [2.24, 2.45) is 5.10 Å². The lowest BCUT2D eigenvalue weighted by Gasteiger charge is -2.19. The molecule has 0 saturated carbocycles. The molecule has 2 aromatic carbocycles. The third kappa shape index (κ3) is 3.87. The molecule has 7 nitrogen and oxygen atoms in total. The Hall–Kier alpha value is -3.71. The molecule has 0 radical (unpaired) electrons. The fourth-order valence-corrected chi connectivity index (χ4v) is 3.69. The number of hydrazone groups is 1. The van der Waals surface area contributed by atoms with Gasteiger partial charge in [-0.25, -0.2) is 5.01 Å². The summed E-state index contributed by atoms with van der Waals surface area (Å²) in [4.78, 5) is 13.1. The van der Waals surface area contributed by atoms with Gasteiger partial charge in [0.1, 0.15) is 11.8 Å². The molecule has 1 aliphatic heterocycles. The van der Waals surface area contributed by atoms with Crippen LogP contribution in [0.2, 0.25) is 5.02 Å². The minimum atomic E-state index is -0.352. The Kier molecular flexibility index (Phi) is 5.09. The Morgan fingerprint density at radius 3 is 2.77 bits per heavy atom. The van der Waals surface area contributed by atoms with E-state index in [9.17, 15) is 4.79 Å². The van der Waals surface area contributed by atoms with E-state index in [1.807, 2.05) is 42.5 Å². The van der Waals surface area contributed by atoms with Gasteiger partial charge in [0.25, 0.3) is 5.91 Å². The van der Waals surface area contributed by atoms with E-state index in [2.05, 4.69) is 15.3 Å². The lowest BCUT2D eigenvalue weighted by atomic mass is 10.0. The zero-order chi connectivity index (χ0) is 21.2. The van der Waals surface area contributed by atoms with E-state index in [-0.39, 0.29) is 18.6 Å². The van der Waals surface area contributed by atoms with Crippen LogP contribution in [0.4, 0.5) is 0 Å². The highest BCUT2D eigenvalue weighted by molar-refractivity contribution is 6.30. The summed E-state index contributed by atoms with van der Waals surface area (Å²) in [6, 6.07) is 18.2. The first-order valence-corrected chi connectivity index (χ1v) is 10.1. The number of benzene rings is 2. The van der Waals surface area contributed by atoms with Gasteiger partial charge in [-0.2, -0.15) is 10.2 Å². The van der Waals surface area contributed by atoms with Crippen molar-refractivity contribution < 1.29 is 13.9 Å². The van der Waals surface area contributed by atoms with Crippen molar-refractivity contribution in [1.82, 2.24) is 15.2 Å².